The summed E-state index contributed by atoms with van der Waals surface area (Å²) in [7, 11) is 0. The standard InChI is InChI=1S/C17H10N4/c1-2-5-12-10(4-1)11-7-9-19-16-14(11)17(20-12)21-13-6-3-8-18-15(13)16/h1-9H,(H,20,21). The number of nitrogens with one attached hydrogen (secondary N) is 1. The van der Waals surface area contributed by atoms with Gasteiger partial charge in [0, 0.05) is 17.8 Å². The number of benzene rings is 1. The van der Waals surface area contributed by atoms with E-state index in [0.29, 0.717) is 0 Å². The molecule has 0 spiro atoms. The highest BCUT2D eigenvalue weighted by atomic mass is 15.0. The molecule has 4 heterocycles. The second-order valence-corrected chi connectivity index (χ2v) is 5.08. The Labute approximate surface area is 120 Å². The van der Waals surface area contributed by atoms with Crippen molar-refractivity contribution in [1.82, 2.24) is 15.0 Å². The summed E-state index contributed by atoms with van der Waals surface area (Å²) >= 11 is 0. The highest BCUT2D eigenvalue weighted by Gasteiger charge is 2.22. The van der Waals surface area contributed by atoms with Gasteiger partial charge in [0.2, 0.25) is 0 Å². The summed E-state index contributed by atoms with van der Waals surface area (Å²) in [6, 6.07) is 14.1. The van der Waals surface area contributed by atoms with E-state index in [4.69, 9.17) is 4.98 Å². The van der Waals surface area contributed by atoms with E-state index in [1.807, 2.05) is 42.6 Å². The minimum absolute atomic E-state index is 0.854. The number of aromatic nitrogens is 3. The first kappa shape index (κ1) is 10.7. The Hall–Kier alpha value is -3.01. The maximum atomic E-state index is 4.75. The van der Waals surface area contributed by atoms with Crippen LogP contribution >= 0.6 is 0 Å². The Morgan fingerprint density at radius 1 is 0.762 bits per heavy atom. The predicted molar refractivity (Wildman–Crippen MR) is 83.6 cm³/mol. The third-order valence-corrected chi connectivity index (χ3v) is 3.90. The minimum atomic E-state index is 0.854. The van der Waals surface area contributed by atoms with Crippen molar-refractivity contribution in [2.75, 3.05) is 5.32 Å². The molecule has 21 heavy (non-hydrogen) atoms. The van der Waals surface area contributed by atoms with Gasteiger partial charge in [-0.15, -0.1) is 0 Å². The first-order valence-electron chi connectivity index (χ1n) is 6.82. The van der Waals surface area contributed by atoms with Crippen molar-refractivity contribution in [3.8, 4) is 11.4 Å². The molecule has 5 rings (SSSR count). The molecule has 1 aromatic carbocycles. The maximum absolute atomic E-state index is 4.75. The van der Waals surface area contributed by atoms with Crippen LogP contribution in [0.25, 0.3) is 33.1 Å². The van der Waals surface area contributed by atoms with Gasteiger partial charge in [-0.2, -0.15) is 0 Å². The number of fused-ring (bicyclic) bond motifs is 4. The molecule has 1 aliphatic heterocycles. The van der Waals surface area contributed by atoms with Crippen molar-refractivity contribution in [3.63, 3.8) is 0 Å². The fourth-order valence-electron chi connectivity index (χ4n) is 2.99. The van der Waals surface area contributed by atoms with Gasteiger partial charge in [-0.25, -0.2) is 4.98 Å². The topological polar surface area (TPSA) is 50.7 Å². The lowest BCUT2D eigenvalue weighted by atomic mass is 10.0. The molecule has 4 heteroatoms. The average Bonchev–Trinajstić information content (AvgIpc) is 2.55. The van der Waals surface area contributed by atoms with Crippen molar-refractivity contribution in [1.29, 1.82) is 0 Å². The summed E-state index contributed by atoms with van der Waals surface area (Å²) < 4.78 is 0. The second kappa shape index (κ2) is 3.76. The maximum Gasteiger partial charge on any atom is 0.141 e. The molecule has 0 aliphatic carbocycles. The second-order valence-electron chi connectivity index (χ2n) is 5.08. The zero-order valence-electron chi connectivity index (χ0n) is 11.0. The molecule has 4 aromatic rings. The highest BCUT2D eigenvalue weighted by Crippen LogP contribution is 2.42. The number of pyridine rings is 3. The monoisotopic (exact) mass is 270 g/mol. The van der Waals surface area contributed by atoms with Crippen LogP contribution < -0.4 is 5.32 Å². The number of nitrogens with zero attached hydrogens (tertiary/aromatic N) is 3. The Morgan fingerprint density at radius 2 is 1.67 bits per heavy atom. The van der Waals surface area contributed by atoms with Crippen LogP contribution in [0, 0.1) is 0 Å². The molecular formula is C17H10N4. The minimum Gasteiger partial charge on any atom is -0.338 e. The Kier molecular flexibility index (Phi) is 1.92. The molecule has 0 fully saturated rings. The summed E-state index contributed by atoms with van der Waals surface area (Å²) in [5, 5.41) is 6.72. The van der Waals surface area contributed by atoms with Crippen LogP contribution in [-0.2, 0) is 0 Å². The lowest BCUT2D eigenvalue weighted by Crippen LogP contribution is -2.06. The Balaban J connectivity index is 2.04. The molecule has 0 saturated heterocycles. The van der Waals surface area contributed by atoms with E-state index in [1.54, 1.807) is 6.20 Å². The molecule has 98 valence electrons. The Bertz CT molecular complexity index is 1020. The number of hydrogen-bond acceptors (Lipinski definition) is 4. The summed E-state index contributed by atoms with van der Waals surface area (Å²) in [4.78, 5) is 13.8. The third-order valence-electron chi connectivity index (χ3n) is 3.90. The van der Waals surface area contributed by atoms with E-state index in [0.717, 1.165) is 44.6 Å². The van der Waals surface area contributed by atoms with Crippen LogP contribution in [0.2, 0.25) is 0 Å². The molecule has 4 nitrogen and oxygen atoms in total. The van der Waals surface area contributed by atoms with Crippen molar-refractivity contribution in [2.24, 2.45) is 0 Å². The van der Waals surface area contributed by atoms with Crippen LogP contribution in [0.5, 0.6) is 0 Å². The summed E-state index contributed by atoms with van der Waals surface area (Å²) in [6.07, 6.45) is 3.64. The summed E-state index contributed by atoms with van der Waals surface area (Å²) in [6.45, 7) is 0. The molecule has 1 N–H and O–H groups in total. The fraction of sp³-hybridized carbons (Fsp3) is 0. The molecule has 0 atom stereocenters. The van der Waals surface area contributed by atoms with Crippen LogP contribution in [0.3, 0.4) is 0 Å². The largest absolute Gasteiger partial charge is 0.338 e. The first-order chi connectivity index (χ1) is 10.4. The van der Waals surface area contributed by atoms with Gasteiger partial charge in [0.25, 0.3) is 0 Å². The molecule has 1 aliphatic rings. The third kappa shape index (κ3) is 1.36. The van der Waals surface area contributed by atoms with Crippen LogP contribution in [-0.4, -0.2) is 15.0 Å². The first-order valence-corrected chi connectivity index (χ1v) is 6.82. The van der Waals surface area contributed by atoms with E-state index >= 15 is 0 Å². The van der Waals surface area contributed by atoms with Crippen LogP contribution in [0.1, 0.15) is 0 Å². The van der Waals surface area contributed by atoms with Gasteiger partial charge in [-0.05, 0) is 29.7 Å². The quantitative estimate of drug-likeness (QED) is 0.433. The zero-order valence-corrected chi connectivity index (χ0v) is 11.0. The zero-order chi connectivity index (χ0) is 13.8. The van der Waals surface area contributed by atoms with Gasteiger partial charge in [-0.1, -0.05) is 18.2 Å². The molecule has 0 bridgehead atoms. The smallest absolute Gasteiger partial charge is 0.141 e. The molecule has 0 amide bonds. The SMILES string of the molecule is c1cnc2c(c1)Nc1nc3ccccc3c3ccnc-2c13. The lowest BCUT2D eigenvalue weighted by molar-refractivity contribution is 1.24. The van der Waals surface area contributed by atoms with E-state index < -0.39 is 0 Å². The van der Waals surface area contributed by atoms with Crippen molar-refractivity contribution in [3.05, 3.63) is 54.9 Å². The predicted octanol–water partition coefficient (Wildman–Crippen LogP) is 3.90. The Morgan fingerprint density at radius 3 is 2.67 bits per heavy atom. The van der Waals surface area contributed by atoms with E-state index in [1.165, 1.54) is 0 Å². The van der Waals surface area contributed by atoms with Gasteiger partial charge in [0.1, 0.15) is 17.2 Å². The van der Waals surface area contributed by atoms with Gasteiger partial charge < -0.3 is 5.32 Å². The summed E-state index contributed by atoms with van der Waals surface area (Å²) in [5.41, 5.74) is 3.72. The summed E-state index contributed by atoms with van der Waals surface area (Å²) in [5.74, 6) is 0.854. The number of hydrogen-bond donors (Lipinski definition) is 1. The van der Waals surface area contributed by atoms with E-state index in [2.05, 4.69) is 21.4 Å². The molecular weight excluding hydrogens is 260 g/mol. The normalized spacial score (nSPS) is 12.2. The van der Waals surface area contributed by atoms with Gasteiger partial charge in [0.15, 0.2) is 0 Å². The van der Waals surface area contributed by atoms with Crippen molar-refractivity contribution >= 4 is 33.2 Å². The van der Waals surface area contributed by atoms with Crippen LogP contribution in [0.4, 0.5) is 11.5 Å². The number of anilines is 2. The van der Waals surface area contributed by atoms with Gasteiger partial charge in [-0.3, -0.25) is 9.97 Å². The van der Waals surface area contributed by atoms with Crippen LogP contribution in [0.15, 0.2) is 54.9 Å². The highest BCUT2D eigenvalue weighted by molar-refractivity contribution is 6.17. The molecule has 0 radical (unpaired) electrons. The fourth-order valence-corrected chi connectivity index (χ4v) is 2.99. The van der Waals surface area contributed by atoms with E-state index in [-0.39, 0.29) is 0 Å². The van der Waals surface area contributed by atoms with Crippen molar-refractivity contribution < 1.29 is 0 Å². The molecule has 3 aromatic heterocycles. The number of para-hydroxylation sites is 1. The van der Waals surface area contributed by atoms with E-state index in [9.17, 15) is 0 Å². The van der Waals surface area contributed by atoms with Gasteiger partial charge in [0.05, 0.1) is 16.6 Å². The molecule has 0 saturated carbocycles. The lowest BCUT2D eigenvalue weighted by Gasteiger charge is -2.20. The number of rotatable bonds is 0. The average molecular weight is 270 g/mol. The van der Waals surface area contributed by atoms with Crippen molar-refractivity contribution in [2.45, 2.75) is 0 Å². The molecule has 0 unspecified atom stereocenters. The van der Waals surface area contributed by atoms with Gasteiger partial charge >= 0.3 is 0 Å².